The maximum Gasteiger partial charge on any atom is 0.213 e. The highest BCUT2D eigenvalue weighted by molar-refractivity contribution is 5.98. The highest BCUT2D eigenvalue weighted by Gasteiger charge is 2.24. The lowest BCUT2D eigenvalue weighted by molar-refractivity contribution is 0.399. The zero-order valence-corrected chi connectivity index (χ0v) is 20.1. The Balaban J connectivity index is 1.34. The summed E-state index contributed by atoms with van der Waals surface area (Å²) in [5.41, 5.74) is 7.14. The van der Waals surface area contributed by atoms with Crippen LogP contribution in [0.2, 0.25) is 0 Å². The van der Waals surface area contributed by atoms with Gasteiger partial charge in [-0.3, -0.25) is 0 Å². The molecule has 4 heterocycles. The lowest BCUT2D eigenvalue weighted by atomic mass is 10.0. The van der Waals surface area contributed by atoms with Crippen molar-refractivity contribution in [2.24, 2.45) is 0 Å². The van der Waals surface area contributed by atoms with Crippen molar-refractivity contribution in [1.29, 1.82) is 0 Å². The van der Waals surface area contributed by atoms with Crippen molar-refractivity contribution >= 4 is 22.2 Å². The zero-order chi connectivity index (χ0) is 23.9. The number of rotatable bonds is 4. The van der Waals surface area contributed by atoms with Crippen LogP contribution in [0.1, 0.15) is 13.8 Å². The average Bonchev–Trinajstić information content (AvgIpc) is 3.31. The first-order valence-electron chi connectivity index (χ1n) is 12.0. The van der Waals surface area contributed by atoms with Gasteiger partial charge in [0, 0.05) is 65.8 Å². The minimum Gasteiger partial charge on any atom is -0.481 e. The Labute approximate surface area is 204 Å². The molecule has 0 spiro atoms. The molecule has 2 unspecified atom stereocenters. The normalized spacial score (nSPS) is 18.3. The second-order valence-corrected chi connectivity index (χ2v) is 9.21. The van der Waals surface area contributed by atoms with Crippen molar-refractivity contribution in [3.05, 3.63) is 73.2 Å². The molecule has 1 N–H and O–H groups in total. The monoisotopic (exact) mass is 464 g/mol. The van der Waals surface area contributed by atoms with Gasteiger partial charge < -0.3 is 15.0 Å². The van der Waals surface area contributed by atoms with E-state index in [9.17, 15) is 0 Å². The van der Waals surface area contributed by atoms with Gasteiger partial charge in [-0.05, 0) is 49.2 Å². The summed E-state index contributed by atoms with van der Waals surface area (Å²) in [5, 5.41) is 9.17. The van der Waals surface area contributed by atoms with Gasteiger partial charge in [-0.2, -0.15) is 5.10 Å². The quantitative estimate of drug-likeness (QED) is 0.412. The number of nitrogens with one attached hydrogen (secondary N) is 1. The van der Waals surface area contributed by atoms with E-state index in [0.717, 1.165) is 51.9 Å². The largest absolute Gasteiger partial charge is 0.481 e. The predicted molar refractivity (Wildman–Crippen MR) is 140 cm³/mol. The van der Waals surface area contributed by atoms with E-state index in [0.29, 0.717) is 18.0 Å². The fourth-order valence-corrected chi connectivity index (χ4v) is 5.17. The molecule has 7 heteroatoms. The summed E-state index contributed by atoms with van der Waals surface area (Å²) in [6.07, 6.45) is 5.85. The molecule has 1 aliphatic rings. The first kappa shape index (κ1) is 21.6. The van der Waals surface area contributed by atoms with Gasteiger partial charge in [0.25, 0.3) is 0 Å². The van der Waals surface area contributed by atoms with Crippen molar-refractivity contribution in [2.75, 3.05) is 25.1 Å². The van der Waals surface area contributed by atoms with Gasteiger partial charge in [0.1, 0.15) is 0 Å². The zero-order valence-electron chi connectivity index (χ0n) is 20.1. The van der Waals surface area contributed by atoms with Gasteiger partial charge in [-0.15, -0.1) is 0 Å². The van der Waals surface area contributed by atoms with Crippen molar-refractivity contribution in [3.8, 4) is 28.1 Å². The second-order valence-electron chi connectivity index (χ2n) is 9.21. The Morgan fingerprint density at radius 1 is 0.886 bits per heavy atom. The topological polar surface area (TPSA) is 67.6 Å². The van der Waals surface area contributed by atoms with E-state index in [1.807, 2.05) is 47.4 Å². The average molecular weight is 465 g/mol. The molecule has 0 aliphatic carbocycles. The minimum absolute atomic E-state index is 0.468. The molecule has 35 heavy (non-hydrogen) atoms. The standard InChI is InChI=1S/C28H28N6O/c1-18-13-29-14-19(2)34(18)22-9-7-20(8-10-22)21-15-30-28-25(16-31-33(28)17-21)23-5-4-6-26-24(23)11-12-27(32-26)35-3/h4-12,15-19,29H,13-14H2,1-3H3. The number of hydrogen-bond acceptors (Lipinski definition) is 6. The molecule has 1 fully saturated rings. The van der Waals surface area contributed by atoms with Crippen LogP contribution in [0.5, 0.6) is 5.88 Å². The number of piperazine rings is 1. The Bertz CT molecular complexity index is 1500. The van der Waals surface area contributed by atoms with Crippen LogP contribution in [0.25, 0.3) is 38.8 Å². The van der Waals surface area contributed by atoms with Gasteiger partial charge in [0.2, 0.25) is 5.88 Å². The van der Waals surface area contributed by atoms with Crippen LogP contribution in [-0.2, 0) is 0 Å². The molecule has 1 saturated heterocycles. The lowest BCUT2D eigenvalue weighted by Crippen LogP contribution is -2.55. The molecule has 1 aliphatic heterocycles. The number of fused-ring (bicyclic) bond motifs is 2. The number of anilines is 1. The predicted octanol–water partition coefficient (Wildman–Crippen LogP) is 4.81. The van der Waals surface area contributed by atoms with E-state index in [2.05, 4.69) is 64.5 Å². The Kier molecular flexibility index (Phi) is 5.34. The van der Waals surface area contributed by atoms with Gasteiger partial charge >= 0.3 is 0 Å². The molecule has 2 atom stereocenters. The fourth-order valence-electron chi connectivity index (χ4n) is 5.17. The van der Waals surface area contributed by atoms with Gasteiger partial charge in [0.15, 0.2) is 5.65 Å². The molecule has 0 saturated carbocycles. The van der Waals surface area contributed by atoms with Crippen LogP contribution in [0.3, 0.4) is 0 Å². The van der Waals surface area contributed by atoms with Gasteiger partial charge in [-0.25, -0.2) is 14.5 Å². The molecular weight excluding hydrogens is 436 g/mol. The van der Waals surface area contributed by atoms with Crippen LogP contribution in [0.4, 0.5) is 5.69 Å². The van der Waals surface area contributed by atoms with E-state index >= 15 is 0 Å². The summed E-state index contributed by atoms with van der Waals surface area (Å²) in [7, 11) is 1.63. The van der Waals surface area contributed by atoms with E-state index in [1.165, 1.54) is 5.69 Å². The SMILES string of the molecule is COc1ccc2c(-c3cnn4cc(-c5ccc(N6C(C)CNCC6C)cc5)cnc34)cccc2n1. The molecule has 2 aromatic carbocycles. The Morgan fingerprint density at radius 3 is 2.46 bits per heavy atom. The second kappa shape index (κ2) is 8.67. The number of methoxy groups -OCH3 is 1. The van der Waals surface area contributed by atoms with E-state index in [1.54, 1.807) is 7.11 Å². The smallest absolute Gasteiger partial charge is 0.213 e. The number of aromatic nitrogens is 4. The molecule has 0 amide bonds. The third-order valence-electron chi connectivity index (χ3n) is 6.89. The third kappa shape index (κ3) is 3.78. The highest BCUT2D eigenvalue weighted by Crippen LogP contribution is 2.32. The van der Waals surface area contributed by atoms with Crippen LogP contribution < -0.4 is 15.0 Å². The van der Waals surface area contributed by atoms with Crippen LogP contribution in [-0.4, -0.2) is 51.9 Å². The van der Waals surface area contributed by atoms with Crippen LogP contribution in [0.15, 0.2) is 73.2 Å². The maximum absolute atomic E-state index is 5.29. The molecule has 5 aromatic rings. The summed E-state index contributed by atoms with van der Waals surface area (Å²) in [5.74, 6) is 0.601. The van der Waals surface area contributed by atoms with E-state index in [-0.39, 0.29) is 0 Å². The van der Waals surface area contributed by atoms with Crippen molar-refractivity contribution in [2.45, 2.75) is 25.9 Å². The molecule has 0 radical (unpaired) electrons. The van der Waals surface area contributed by atoms with Crippen LogP contribution in [0, 0.1) is 0 Å². The van der Waals surface area contributed by atoms with Crippen molar-refractivity contribution in [3.63, 3.8) is 0 Å². The first-order valence-corrected chi connectivity index (χ1v) is 12.0. The number of nitrogens with zero attached hydrogens (tertiary/aromatic N) is 5. The summed E-state index contributed by atoms with van der Waals surface area (Å²) in [4.78, 5) is 11.9. The maximum atomic E-state index is 5.29. The molecule has 3 aromatic heterocycles. The van der Waals surface area contributed by atoms with Crippen molar-refractivity contribution < 1.29 is 4.74 Å². The molecule has 0 bridgehead atoms. The summed E-state index contributed by atoms with van der Waals surface area (Å²) < 4.78 is 7.14. The molecular formula is C28H28N6O. The highest BCUT2D eigenvalue weighted by atomic mass is 16.5. The molecule has 6 rings (SSSR count). The number of hydrogen-bond donors (Lipinski definition) is 1. The van der Waals surface area contributed by atoms with Gasteiger partial charge in [0.05, 0.1) is 18.8 Å². The summed E-state index contributed by atoms with van der Waals surface area (Å²) >= 11 is 0. The van der Waals surface area contributed by atoms with E-state index < -0.39 is 0 Å². The lowest BCUT2D eigenvalue weighted by Gasteiger charge is -2.41. The van der Waals surface area contributed by atoms with Crippen molar-refractivity contribution in [1.82, 2.24) is 24.9 Å². The minimum atomic E-state index is 0.468. The number of benzene rings is 2. The number of pyridine rings is 1. The fraction of sp³-hybridized carbons (Fsp3) is 0.250. The Morgan fingerprint density at radius 2 is 1.69 bits per heavy atom. The van der Waals surface area contributed by atoms with Gasteiger partial charge in [-0.1, -0.05) is 24.3 Å². The summed E-state index contributed by atoms with van der Waals surface area (Å²) in [6.45, 7) is 6.56. The molecule has 7 nitrogen and oxygen atoms in total. The third-order valence-corrected chi connectivity index (χ3v) is 6.89. The number of ether oxygens (including phenoxy) is 1. The van der Waals surface area contributed by atoms with Crippen LogP contribution >= 0.6 is 0 Å². The summed E-state index contributed by atoms with van der Waals surface area (Å²) in [6, 6.07) is 19.7. The molecule has 176 valence electrons. The first-order chi connectivity index (χ1) is 17.1. The Hall–Kier alpha value is -3.97. The van der Waals surface area contributed by atoms with E-state index in [4.69, 9.17) is 9.72 Å².